The highest BCUT2D eigenvalue weighted by Gasteiger charge is 2.01. The van der Waals surface area contributed by atoms with Gasteiger partial charge in [0.05, 0.1) is 0 Å². The van der Waals surface area contributed by atoms with Gasteiger partial charge in [-0.05, 0) is 24.2 Å². The molecule has 0 bridgehead atoms. The molecule has 0 aromatic heterocycles. The number of phenols is 1. The van der Waals surface area contributed by atoms with Crippen LogP contribution in [-0.4, -0.2) is 23.1 Å². The van der Waals surface area contributed by atoms with Crippen LogP contribution in [0.3, 0.4) is 0 Å². The Balaban J connectivity index is 2.58. The van der Waals surface area contributed by atoms with E-state index in [9.17, 15) is 5.11 Å². The average Bonchev–Trinajstić information content (AvgIpc) is 2.24. The summed E-state index contributed by atoms with van der Waals surface area (Å²) in [4.78, 5) is 2.23. The topological polar surface area (TPSA) is 23.5 Å². The van der Waals surface area contributed by atoms with Crippen LogP contribution < -0.4 is 0 Å². The maximum atomic E-state index is 9.32. The lowest BCUT2D eigenvalue weighted by molar-refractivity contribution is 0.310. The van der Waals surface area contributed by atoms with Crippen molar-refractivity contribution in [3.05, 3.63) is 41.4 Å². The van der Waals surface area contributed by atoms with Crippen molar-refractivity contribution in [3.8, 4) is 5.75 Å². The van der Waals surface area contributed by atoms with E-state index in [0.29, 0.717) is 5.75 Å². The van der Waals surface area contributed by atoms with Gasteiger partial charge in [-0.15, -0.1) is 0 Å². The van der Waals surface area contributed by atoms with Gasteiger partial charge < -0.3 is 5.11 Å². The van der Waals surface area contributed by atoms with Gasteiger partial charge in [0.1, 0.15) is 5.75 Å². The van der Waals surface area contributed by atoms with Crippen molar-refractivity contribution >= 4 is 11.6 Å². The zero-order chi connectivity index (χ0) is 11.1. The number of hydrogen-bond acceptors (Lipinski definition) is 2. The van der Waals surface area contributed by atoms with Crippen LogP contribution in [0.25, 0.3) is 0 Å². The quantitative estimate of drug-likeness (QED) is 0.833. The Morgan fingerprint density at radius 3 is 2.87 bits per heavy atom. The van der Waals surface area contributed by atoms with Crippen LogP contribution in [0.2, 0.25) is 0 Å². The van der Waals surface area contributed by atoms with Gasteiger partial charge in [-0.2, -0.15) is 0 Å². The summed E-state index contributed by atoms with van der Waals surface area (Å²) < 4.78 is 0. The first-order valence-corrected chi connectivity index (χ1v) is 5.45. The number of rotatable bonds is 5. The number of aromatic hydroxyl groups is 1. The second-order valence-corrected chi connectivity index (χ2v) is 3.61. The SMILES string of the molecule is CCN(CC=CCl)Cc1cccc(O)c1. The maximum Gasteiger partial charge on any atom is 0.115 e. The van der Waals surface area contributed by atoms with Gasteiger partial charge in [-0.25, -0.2) is 0 Å². The molecular formula is C12H16ClNO. The molecule has 2 nitrogen and oxygen atoms in total. The molecule has 3 heteroatoms. The zero-order valence-corrected chi connectivity index (χ0v) is 9.61. The van der Waals surface area contributed by atoms with Gasteiger partial charge in [0.2, 0.25) is 0 Å². The number of halogens is 1. The second-order valence-electron chi connectivity index (χ2n) is 3.36. The van der Waals surface area contributed by atoms with Gasteiger partial charge in [0, 0.05) is 18.6 Å². The molecule has 0 saturated carbocycles. The van der Waals surface area contributed by atoms with Crippen LogP contribution in [-0.2, 0) is 6.54 Å². The summed E-state index contributed by atoms with van der Waals surface area (Å²) in [7, 11) is 0. The molecule has 1 aromatic rings. The Labute approximate surface area is 95.8 Å². The highest BCUT2D eigenvalue weighted by atomic mass is 35.5. The lowest BCUT2D eigenvalue weighted by Gasteiger charge is -2.18. The summed E-state index contributed by atoms with van der Waals surface area (Å²) in [5, 5.41) is 9.32. The standard InChI is InChI=1S/C12H16ClNO/c1-2-14(8-4-7-13)10-11-5-3-6-12(15)9-11/h3-7,9,15H,2,8,10H2,1H3. The highest BCUT2D eigenvalue weighted by molar-refractivity contribution is 6.25. The second kappa shape index (κ2) is 6.49. The van der Waals surface area contributed by atoms with E-state index in [1.165, 1.54) is 5.54 Å². The van der Waals surface area contributed by atoms with E-state index in [1.807, 2.05) is 18.2 Å². The van der Waals surface area contributed by atoms with Gasteiger partial charge >= 0.3 is 0 Å². The third-order valence-electron chi connectivity index (χ3n) is 2.22. The Bertz CT molecular complexity index is 325. The Morgan fingerprint density at radius 2 is 2.27 bits per heavy atom. The van der Waals surface area contributed by atoms with Crippen molar-refractivity contribution in [3.63, 3.8) is 0 Å². The van der Waals surface area contributed by atoms with Gasteiger partial charge in [0.25, 0.3) is 0 Å². The Hall–Kier alpha value is -0.990. The molecular weight excluding hydrogens is 210 g/mol. The minimum Gasteiger partial charge on any atom is -0.508 e. The monoisotopic (exact) mass is 225 g/mol. The van der Waals surface area contributed by atoms with Crippen molar-refractivity contribution < 1.29 is 5.11 Å². The average molecular weight is 226 g/mol. The predicted molar refractivity (Wildman–Crippen MR) is 64.1 cm³/mol. The van der Waals surface area contributed by atoms with Gasteiger partial charge in [0.15, 0.2) is 0 Å². The van der Waals surface area contributed by atoms with E-state index < -0.39 is 0 Å². The molecule has 0 amide bonds. The van der Waals surface area contributed by atoms with Crippen molar-refractivity contribution in [2.45, 2.75) is 13.5 Å². The first-order chi connectivity index (χ1) is 7.26. The van der Waals surface area contributed by atoms with Crippen molar-refractivity contribution in [1.29, 1.82) is 0 Å². The lowest BCUT2D eigenvalue weighted by Crippen LogP contribution is -2.22. The van der Waals surface area contributed by atoms with Crippen molar-refractivity contribution in [2.75, 3.05) is 13.1 Å². The van der Waals surface area contributed by atoms with E-state index in [-0.39, 0.29) is 0 Å². The van der Waals surface area contributed by atoms with Crippen LogP contribution in [0.15, 0.2) is 35.9 Å². The molecule has 0 aliphatic heterocycles. The molecule has 0 fully saturated rings. The van der Waals surface area contributed by atoms with Crippen molar-refractivity contribution in [2.24, 2.45) is 0 Å². The fourth-order valence-corrected chi connectivity index (χ4v) is 1.49. The summed E-state index contributed by atoms with van der Waals surface area (Å²) in [6.45, 7) is 4.71. The smallest absolute Gasteiger partial charge is 0.115 e. The summed E-state index contributed by atoms with van der Waals surface area (Å²) in [5.41, 5.74) is 2.64. The fraction of sp³-hybridized carbons (Fsp3) is 0.333. The number of nitrogens with zero attached hydrogens (tertiary/aromatic N) is 1. The van der Waals surface area contributed by atoms with Crippen LogP contribution in [0.5, 0.6) is 5.75 Å². The number of phenolic OH excluding ortho intramolecular Hbond substituents is 1. The fourth-order valence-electron chi connectivity index (χ4n) is 1.41. The van der Waals surface area contributed by atoms with E-state index in [4.69, 9.17) is 11.6 Å². The van der Waals surface area contributed by atoms with E-state index in [2.05, 4.69) is 11.8 Å². The number of hydrogen-bond donors (Lipinski definition) is 1. The van der Waals surface area contributed by atoms with Crippen LogP contribution in [0, 0.1) is 0 Å². The van der Waals surface area contributed by atoms with Crippen LogP contribution in [0.4, 0.5) is 0 Å². The summed E-state index contributed by atoms with van der Waals surface area (Å²) in [6.07, 6.45) is 1.91. The van der Waals surface area contributed by atoms with Crippen LogP contribution >= 0.6 is 11.6 Å². The highest BCUT2D eigenvalue weighted by Crippen LogP contribution is 2.12. The molecule has 0 atom stereocenters. The summed E-state index contributed by atoms with van der Waals surface area (Å²) >= 11 is 5.48. The third-order valence-corrected chi connectivity index (χ3v) is 2.39. The molecule has 0 radical (unpaired) electrons. The summed E-state index contributed by atoms with van der Waals surface area (Å²) in [6, 6.07) is 7.33. The first kappa shape index (κ1) is 12.1. The molecule has 0 spiro atoms. The van der Waals surface area contributed by atoms with Gasteiger partial charge in [-0.3, -0.25) is 4.90 Å². The molecule has 1 aromatic carbocycles. The maximum absolute atomic E-state index is 9.32. The molecule has 0 saturated heterocycles. The Morgan fingerprint density at radius 1 is 1.47 bits per heavy atom. The summed E-state index contributed by atoms with van der Waals surface area (Å²) in [5.74, 6) is 0.316. The molecule has 82 valence electrons. The van der Waals surface area contributed by atoms with Crippen LogP contribution in [0.1, 0.15) is 12.5 Å². The van der Waals surface area contributed by atoms with E-state index in [1.54, 1.807) is 12.1 Å². The van der Waals surface area contributed by atoms with Crippen molar-refractivity contribution in [1.82, 2.24) is 4.90 Å². The molecule has 15 heavy (non-hydrogen) atoms. The largest absolute Gasteiger partial charge is 0.508 e. The third kappa shape index (κ3) is 4.36. The minimum absolute atomic E-state index is 0.316. The normalized spacial score (nSPS) is 11.4. The Kier molecular flexibility index (Phi) is 5.22. The molecule has 0 aliphatic carbocycles. The zero-order valence-electron chi connectivity index (χ0n) is 8.86. The number of likely N-dealkylation sites (N-methyl/N-ethyl adjacent to an activating group) is 1. The minimum atomic E-state index is 0.316. The van der Waals surface area contributed by atoms with E-state index >= 15 is 0 Å². The number of benzene rings is 1. The molecule has 1 N–H and O–H groups in total. The molecule has 0 unspecified atom stereocenters. The lowest BCUT2D eigenvalue weighted by atomic mass is 10.2. The molecule has 0 aliphatic rings. The van der Waals surface area contributed by atoms with E-state index in [0.717, 1.165) is 25.2 Å². The molecule has 0 heterocycles. The predicted octanol–water partition coefficient (Wildman–Crippen LogP) is 2.97. The van der Waals surface area contributed by atoms with Gasteiger partial charge in [-0.1, -0.05) is 36.7 Å². The first-order valence-electron chi connectivity index (χ1n) is 5.01. The molecule has 1 rings (SSSR count).